The number of halogens is 3. The van der Waals surface area contributed by atoms with E-state index in [1.807, 2.05) is 0 Å². The number of rotatable bonds is 3. The van der Waals surface area contributed by atoms with Crippen molar-refractivity contribution in [3.63, 3.8) is 0 Å². The zero-order valence-corrected chi connectivity index (χ0v) is 12.7. The smallest absolute Gasteiger partial charge is 0.166 e. The molecule has 1 saturated heterocycles. The summed E-state index contributed by atoms with van der Waals surface area (Å²) in [7, 11) is 0. The van der Waals surface area contributed by atoms with Gasteiger partial charge in [-0.05, 0) is 47.7 Å². The lowest BCUT2D eigenvalue weighted by Gasteiger charge is -2.36. The number of piperidine rings is 1. The van der Waals surface area contributed by atoms with Crippen molar-refractivity contribution in [3.8, 4) is 0 Å². The molecule has 0 bridgehead atoms. The molecule has 0 spiro atoms. The van der Waals surface area contributed by atoms with Gasteiger partial charge >= 0.3 is 0 Å². The molecule has 1 aromatic heterocycles. The van der Waals surface area contributed by atoms with Crippen LogP contribution < -0.4 is 4.90 Å². The monoisotopic (exact) mass is 364 g/mol. The van der Waals surface area contributed by atoms with E-state index in [2.05, 4.69) is 41.7 Å². The van der Waals surface area contributed by atoms with E-state index >= 15 is 0 Å². The summed E-state index contributed by atoms with van der Waals surface area (Å²) in [5.74, 6) is 0.264. The molecular weight excluding hydrogens is 351 g/mol. The van der Waals surface area contributed by atoms with Crippen molar-refractivity contribution in [2.75, 3.05) is 16.8 Å². The number of alkyl halides is 1. The number of pyridine rings is 1. The average Bonchev–Trinajstić information content (AvgIpc) is 2.31. The summed E-state index contributed by atoms with van der Waals surface area (Å²) >= 11 is 6.70. The second-order valence-electron chi connectivity index (χ2n) is 4.28. The Morgan fingerprint density at radius 3 is 3.00 bits per heavy atom. The maximum atomic E-state index is 13.9. The third-order valence-corrected chi connectivity index (χ3v) is 4.02. The summed E-state index contributed by atoms with van der Waals surface area (Å²) < 4.78 is 14.6. The number of hydrogen-bond acceptors (Lipinski definition) is 2. The molecule has 94 valence electrons. The van der Waals surface area contributed by atoms with Gasteiger partial charge in [-0.15, -0.1) is 0 Å². The lowest BCUT2D eigenvalue weighted by Crippen LogP contribution is -2.40. The van der Waals surface area contributed by atoms with Gasteiger partial charge in [0.15, 0.2) is 11.6 Å². The van der Waals surface area contributed by atoms with E-state index in [1.165, 1.54) is 12.5 Å². The largest absolute Gasteiger partial charge is 0.351 e. The Kier molecular flexibility index (Phi) is 4.79. The van der Waals surface area contributed by atoms with Crippen molar-refractivity contribution in [1.29, 1.82) is 0 Å². The van der Waals surface area contributed by atoms with Crippen LogP contribution in [0.2, 0.25) is 0 Å². The minimum atomic E-state index is -0.235. The fourth-order valence-electron chi connectivity index (χ4n) is 2.32. The van der Waals surface area contributed by atoms with Crippen molar-refractivity contribution in [2.24, 2.45) is 0 Å². The normalized spacial score (nSPS) is 20.6. The first-order valence-corrected chi connectivity index (χ1v) is 7.77. The maximum Gasteiger partial charge on any atom is 0.166 e. The Morgan fingerprint density at radius 2 is 2.29 bits per heavy atom. The van der Waals surface area contributed by atoms with Gasteiger partial charge in [-0.2, -0.15) is 0 Å². The summed E-state index contributed by atoms with van der Waals surface area (Å²) in [6, 6.07) is 1.90. The van der Waals surface area contributed by atoms with Crippen molar-refractivity contribution in [2.45, 2.75) is 31.7 Å². The highest BCUT2D eigenvalue weighted by Gasteiger charge is 2.25. The second kappa shape index (κ2) is 6.14. The van der Waals surface area contributed by atoms with Crippen LogP contribution >= 0.6 is 31.9 Å². The van der Waals surface area contributed by atoms with Crippen LogP contribution in [0, 0.1) is 5.82 Å². The maximum absolute atomic E-state index is 13.9. The predicted molar refractivity (Wildman–Crippen MR) is 75.3 cm³/mol. The Morgan fingerprint density at radius 1 is 1.47 bits per heavy atom. The summed E-state index contributed by atoms with van der Waals surface area (Å²) in [5, 5.41) is 0.951. The summed E-state index contributed by atoms with van der Waals surface area (Å²) in [4.78, 5) is 6.34. The molecule has 5 heteroatoms. The second-order valence-corrected chi connectivity index (χ2v) is 5.99. The fraction of sp³-hybridized carbons (Fsp3) is 0.583. The Balaban J connectivity index is 2.23. The third-order valence-electron chi connectivity index (χ3n) is 3.13. The zero-order chi connectivity index (χ0) is 12.3. The molecule has 0 saturated carbocycles. The standard InChI is InChI=1S/C12H15Br2FN2/c13-5-4-10-3-1-2-6-17(10)12-11(15)7-9(14)8-16-12/h7-8,10H,1-6H2. The number of nitrogens with zero attached hydrogens (tertiary/aromatic N) is 2. The first-order valence-electron chi connectivity index (χ1n) is 5.86. The highest BCUT2D eigenvalue weighted by atomic mass is 79.9. The molecule has 0 aromatic carbocycles. The first kappa shape index (κ1) is 13.3. The van der Waals surface area contributed by atoms with Crippen molar-refractivity contribution >= 4 is 37.7 Å². The highest BCUT2D eigenvalue weighted by molar-refractivity contribution is 9.10. The van der Waals surface area contributed by atoms with E-state index in [1.54, 1.807) is 6.20 Å². The molecule has 0 radical (unpaired) electrons. The van der Waals surface area contributed by atoms with Crippen molar-refractivity contribution in [3.05, 3.63) is 22.6 Å². The van der Waals surface area contributed by atoms with Gasteiger partial charge in [0.1, 0.15) is 0 Å². The van der Waals surface area contributed by atoms with Crippen LogP contribution in [0.1, 0.15) is 25.7 Å². The van der Waals surface area contributed by atoms with E-state index < -0.39 is 0 Å². The number of aromatic nitrogens is 1. The van der Waals surface area contributed by atoms with Crippen LogP contribution in [0.4, 0.5) is 10.2 Å². The molecule has 1 aliphatic heterocycles. The van der Waals surface area contributed by atoms with Crippen molar-refractivity contribution < 1.29 is 4.39 Å². The van der Waals surface area contributed by atoms with Gasteiger partial charge in [-0.3, -0.25) is 0 Å². The van der Waals surface area contributed by atoms with Crippen LogP contribution in [-0.2, 0) is 0 Å². The van der Waals surface area contributed by atoms with E-state index in [-0.39, 0.29) is 5.82 Å². The fourth-order valence-corrected chi connectivity index (χ4v) is 3.16. The van der Waals surface area contributed by atoms with Crippen LogP contribution in [0.15, 0.2) is 16.7 Å². The predicted octanol–water partition coefficient (Wildman–Crippen LogP) is 4.13. The van der Waals surface area contributed by atoms with Gasteiger partial charge in [-0.25, -0.2) is 9.37 Å². The molecule has 1 aliphatic rings. The Hall–Kier alpha value is -0.160. The minimum Gasteiger partial charge on any atom is -0.351 e. The van der Waals surface area contributed by atoms with E-state index in [0.717, 1.165) is 31.1 Å². The third kappa shape index (κ3) is 3.19. The molecule has 2 rings (SSSR count). The number of hydrogen-bond donors (Lipinski definition) is 0. The highest BCUT2D eigenvalue weighted by Crippen LogP contribution is 2.28. The SMILES string of the molecule is Fc1cc(Br)cnc1N1CCCCC1CCBr. The van der Waals surface area contributed by atoms with Gasteiger partial charge in [0.25, 0.3) is 0 Å². The quantitative estimate of drug-likeness (QED) is 0.749. The zero-order valence-electron chi connectivity index (χ0n) is 9.50. The molecular formula is C12H15Br2FN2. The molecule has 0 aliphatic carbocycles. The lowest BCUT2D eigenvalue weighted by atomic mass is 10.00. The molecule has 17 heavy (non-hydrogen) atoms. The molecule has 1 unspecified atom stereocenters. The topological polar surface area (TPSA) is 16.1 Å². The van der Waals surface area contributed by atoms with Gasteiger partial charge in [0.05, 0.1) is 0 Å². The van der Waals surface area contributed by atoms with Gasteiger partial charge in [0, 0.05) is 28.6 Å². The average molecular weight is 366 g/mol. The van der Waals surface area contributed by atoms with Gasteiger partial charge in [0.2, 0.25) is 0 Å². The Labute approximate surface area is 118 Å². The molecule has 1 atom stereocenters. The Bertz CT molecular complexity index is 385. The van der Waals surface area contributed by atoms with E-state index in [9.17, 15) is 4.39 Å². The van der Waals surface area contributed by atoms with Crippen LogP contribution in [-0.4, -0.2) is 22.9 Å². The summed E-state index contributed by atoms with van der Waals surface area (Å²) in [5.41, 5.74) is 0. The minimum absolute atomic E-state index is 0.235. The van der Waals surface area contributed by atoms with Crippen LogP contribution in [0.25, 0.3) is 0 Å². The molecule has 1 fully saturated rings. The molecule has 2 heterocycles. The molecule has 2 nitrogen and oxygen atoms in total. The van der Waals surface area contributed by atoms with Gasteiger partial charge < -0.3 is 4.90 Å². The molecule has 1 aromatic rings. The van der Waals surface area contributed by atoms with Crippen molar-refractivity contribution in [1.82, 2.24) is 4.98 Å². The van der Waals surface area contributed by atoms with Gasteiger partial charge in [-0.1, -0.05) is 15.9 Å². The van der Waals surface area contributed by atoms with E-state index in [0.29, 0.717) is 16.3 Å². The molecule has 0 N–H and O–H groups in total. The van der Waals surface area contributed by atoms with Crippen LogP contribution in [0.3, 0.4) is 0 Å². The van der Waals surface area contributed by atoms with Crippen LogP contribution in [0.5, 0.6) is 0 Å². The number of anilines is 1. The first-order chi connectivity index (χ1) is 8.22. The summed E-state index contributed by atoms with van der Waals surface area (Å²) in [6.45, 7) is 0.906. The lowest BCUT2D eigenvalue weighted by molar-refractivity contribution is 0.441. The molecule has 0 amide bonds. The van der Waals surface area contributed by atoms with E-state index in [4.69, 9.17) is 0 Å². The summed E-state index contributed by atoms with van der Waals surface area (Å²) in [6.07, 6.45) is 6.18.